The number of nitrogens with zero attached hydrogens (tertiary/aromatic N) is 1. The number of allylic oxidation sites excluding steroid dienone is 4. The van der Waals surface area contributed by atoms with Gasteiger partial charge >= 0.3 is 0 Å². The van der Waals surface area contributed by atoms with Gasteiger partial charge in [-0.05, 0) is 49.0 Å². The van der Waals surface area contributed by atoms with Crippen molar-refractivity contribution < 1.29 is 8.78 Å². The van der Waals surface area contributed by atoms with E-state index in [1.54, 1.807) is 6.07 Å². The van der Waals surface area contributed by atoms with E-state index < -0.39 is 17.2 Å². The van der Waals surface area contributed by atoms with Gasteiger partial charge in [-0.25, -0.2) is 8.78 Å². The van der Waals surface area contributed by atoms with Crippen LogP contribution in [0, 0.1) is 23.0 Å². The van der Waals surface area contributed by atoms with Gasteiger partial charge in [0, 0.05) is 0 Å². The Hall–Kier alpha value is -1.95. The van der Waals surface area contributed by atoms with Crippen molar-refractivity contribution in [2.24, 2.45) is 0 Å². The predicted octanol–water partition coefficient (Wildman–Crippen LogP) is 6.30. The standard InChI is InChI=1S/C20H23F2N/c1-2-3-4-5-6-7-15-8-10-16(11-9-15)17-12-19(21)18(14-23)20(22)13-17/h8,10,12-13H,2-7,9,11H2,1H3. The van der Waals surface area contributed by atoms with E-state index in [2.05, 4.69) is 13.0 Å². The largest absolute Gasteiger partial charge is 0.205 e. The van der Waals surface area contributed by atoms with Crippen molar-refractivity contribution in [3.8, 4) is 6.07 Å². The summed E-state index contributed by atoms with van der Waals surface area (Å²) in [5.41, 5.74) is 2.38. The lowest BCUT2D eigenvalue weighted by molar-refractivity contribution is 0.576. The van der Waals surface area contributed by atoms with Gasteiger partial charge < -0.3 is 0 Å². The third kappa shape index (κ3) is 4.76. The molecule has 0 saturated heterocycles. The molecule has 0 aliphatic heterocycles. The maximum atomic E-state index is 13.7. The fourth-order valence-electron chi connectivity index (χ4n) is 2.95. The Labute approximate surface area is 137 Å². The van der Waals surface area contributed by atoms with Crippen molar-refractivity contribution in [1.82, 2.24) is 0 Å². The average molecular weight is 315 g/mol. The predicted molar refractivity (Wildman–Crippen MR) is 89.7 cm³/mol. The van der Waals surface area contributed by atoms with Crippen LogP contribution in [0.4, 0.5) is 8.78 Å². The van der Waals surface area contributed by atoms with Gasteiger partial charge in [-0.1, -0.05) is 50.3 Å². The second kappa shape index (κ2) is 8.62. The molecule has 0 atom stereocenters. The van der Waals surface area contributed by atoms with Crippen molar-refractivity contribution in [1.29, 1.82) is 5.26 Å². The third-order valence-corrected chi connectivity index (χ3v) is 4.36. The SMILES string of the molecule is CCCCCCCC1=CC=C(c2cc(F)c(C#N)c(F)c2)CC1. The summed E-state index contributed by atoms with van der Waals surface area (Å²) in [6, 6.07) is 4.08. The number of unbranched alkanes of at least 4 members (excludes halogenated alkanes) is 4. The Morgan fingerprint density at radius 1 is 1.00 bits per heavy atom. The highest BCUT2D eigenvalue weighted by molar-refractivity contribution is 5.69. The van der Waals surface area contributed by atoms with Crippen LogP contribution >= 0.6 is 0 Å². The Balaban J connectivity index is 1.99. The summed E-state index contributed by atoms with van der Waals surface area (Å²) in [6.45, 7) is 2.21. The minimum Gasteiger partial charge on any atom is -0.205 e. The Morgan fingerprint density at radius 2 is 1.70 bits per heavy atom. The normalized spacial score (nSPS) is 14.2. The van der Waals surface area contributed by atoms with Crippen LogP contribution in [0.25, 0.3) is 5.57 Å². The molecule has 0 radical (unpaired) electrons. The summed E-state index contributed by atoms with van der Waals surface area (Å²) in [6.07, 6.45) is 13.3. The number of halogens is 2. The van der Waals surface area contributed by atoms with Gasteiger partial charge in [0.15, 0.2) is 0 Å². The molecule has 23 heavy (non-hydrogen) atoms. The molecule has 0 saturated carbocycles. The fourth-order valence-corrected chi connectivity index (χ4v) is 2.95. The monoisotopic (exact) mass is 315 g/mol. The smallest absolute Gasteiger partial charge is 0.144 e. The van der Waals surface area contributed by atoms with Gasteiger partial charge in [0.1, 0.15) is 23.3 Å². The zero-order valence-corrected chi connectivity index (χ0v) is 13.7. The lowest BCUT2D eigenvalue weighted by Crippen LogP contribution is -1.98. The second-order valence-electron chi connectivity index (χ2n) is 6.11. The van der Waals surface area contributed by atoms with E-state index in [0.29, 0.717) is 5.56 Å². The number of benzene rings is 1. The van der Waals surface area contributed by atoms with Gasteiger partial charge in [-0.2, -0.15) is 5.26 Å². The van der Waals surface area contributed by atoms with E-state index >= 15 is 0 Å². The lowest BCUT2D eigenvalue weighted by atomic mass is 9.90. The first-order valence-electron chi connectivity index (χ1n) is 8.43. The molecule has 0 fully saturated rings. The molecule has 1 aliphatic rings. The molecule has 122 valence electrons. The average Bonchev–Trinajstić information content (AvgIpc) is 2.55. The van der Waals surface area contributed by atoms with E-state index in [-0.39, 0.29) is 0 Å². The maximum Gasteiger partial charge on any atom is 0.144 e. The van der Waals surface area contributed by atoms with Crippen LogP contribution in [-0.4, -0.2) is 0 Å². The van der Waals surface area contributed by atoms with Gasteiger partial charge in [0.2, 0.25) is 0 Å². The van der Waals surface area contributed by atoms with Crippen LogP contribution < -0.4 is 0 Å². The van der Waals surface area contributed by atoms with Crippen LogP contribution in [0.15, 0.2) is 29.9 Å². The van der Waals surface area contributed by atoms with Crippen molar-refractivity contribution in [2.45, 2.75) is 58.3 Å². The molecule has 0 amide bonds. The van der Waals surface area contributed by atoms with Crippen LogP contribution in [0.2, 0.25) is 0 Å². The first-order valence-corrected chi connectivity index (χ1v) is 8.43. The number of hydrogen-bond acceptors (Lipinski definition) is 1. The zero-order chi connectivity index (χ0) is 16.7. The summed E-state index contributed by atoms with van der Waals surface area (Å²) < 4.78 is 27.4. The van der Waals surface area contributed by atoms with Crippen molar-refractivity contribution >= 4 is 5.57 Å². The fraction of sp³-hybridized carbons (Fsp3) is 0.450. The van der Waals surface area contributed by atoms with E-state index in [9.17, 15) is 8.78 Å². The molecule has 0 heterocycles. The minimum atomic E-state index is -0.783. The van der Waals surface area contributed by atoms with Gasteiger partial charge in [-0.3, -0.25) is 0 Å². The molecule has 1 nitrogen and oxygen atoms in total. The molecule has 3 heteroatoms. The maximum absolute atomic E-state index is 13.7. The lowest BCUT2D eigenvalue weighted by Gasteiger charge is -2.15. The summed E-state index contributed by atoms with van der Waals surface area (Å²) in [5, 5.41) is 8.72. The Morgan fingerprint density at radius 3 is 2.26 bits per heavy atom. The van der Waals surface area contributed by atoms with E-state index in [4.69, 9.17) is 5.26 Å². The molecule has 1 aromatic carbocycles. The molecule has 0 aromatic heterocycles. The second-order valence-corrected chi connectivity index (χ2v) is 6.11. The molecule has 0 unspecified atom stereocenters. The van der Waals surface area contributed by atoms with Crippen molar-refractivity contribution in [3.05, 3.63) is 52.6 Å². The molecule has 0 bridgehead atoms. The highest BCUT2D eigenvalue weighted by Crippen LogP contribution is 2.30. The number of hydrogen-bond donors (Lipinski definition) is 0. The number of rotatable bonds is 7. The molecular weight excluding hydrogens is 292 g/mol. The van der Waals surface area contributed by atoms with Crippen molar-refractivity contribution in [2.75, 3.05) is 0 Å². The van der Waals surface area contributed by atoms with Crippen LogP contribution in [0.3, 0.4) is 0 Å². The minimum absolute atomic E-state index is 0.506. The third-order valence-electron chi connectivity index (χ3n) is 4.36. The molecule has 1 aromatic rings. The highest BCUT2D eigenvalue weighted by Gasteiger charge is 2.14. The summed E-state index contributed by atoms with van der Waals surface area (Å²) in [5.74, 6) is -1.57. The summed E-state index contributed by atoms with van der Waals surface area (Å²) >= 11 is 0. The van der Waals surface area contributed by atoms with Crippen molar-refractivity contribution in [3.63, 3.8) is 0 Å². The van der Waals surface area contributed by atoms with Crippen LogP contribution in [0.5, 0.6) is 0 Å². The topological polar surface area (TPSA) is 23.8 Å². The van der Waals surface area contributed by atoms with E-state index in [1.807, 2.05) is 6.08 Å². The Kier molecular flexibility index (Phi) is 6.52. The van der Waals surface area contributed by atoms with Gasteiger partial charge in [-0.15, -0.1) is 0 Å². The molecule has 0 N–H and O–H groups in total. The van der Waals surface area contributed by atoms with Crippen LogP contribution in [0.1, 0.15) is 69.4 Å². The first-order chi connectivity index (χ1) is 11.2. The highest BCUT2D eigenvalue weighted by atomic mass is 19.1. The molecular formula is C20H23F2N. The first kappa shape index (κ1) is 17.4. The molecule has 1 aliphatic carbocycles. The molecule has 2 rings (SSSR count). The van der Waals surface area contributed by atoms with Gasteiger partial charge in [0.05, 0.1) is 0 Å². The Bertz CT molecular complexity index is 627. The van der Waals surface area contributed by atoms with E-state index in [0.717, 1.165) is 24.8 Å². The number of nitriles is 1. The molecule has 0 spiro atoms. The quantitative estimate of drug-likeness (QED) is 0.542. The zero-order valence-electron chi connectivity index (χ0n) is 13.7. The summed E-state index contributed by atoms with van der Waals surface area (Å²) in [7, 11) is 0. The van der Waals surface area contributed by atoms with Crippen LogP contribution in [-0.2, 0) is 0 Å². The van der Waals surface area contributed by atoms with E-state index in [1.165, 1.54) is 49.8 Å². The van der Waals surface area contributed by atoms with Gasteiger partial charge in [0.25, 0.3) is 0 Å². The summed E-state index contributed by atoms with van der Waals surface area (Å²) in [4.78, 5) is 0.